The molecule has 0 aromatic carbocycles. The fourth-order valence-corrected chi connectivity index (χ4v) is 11.8. The summed E-state index contributed by atoms with van der Waals surface area (Å²) in [7, 11) is 0. The van der Waals surface area contributed by atoms with Crippen LogP contribution in [0.25, 0.3) is 0 Å². The molecule has 7 fully saturated rings. The van der Waals surface area contributed by atoms with Crippen molar-refractivity contribution in [2.75, 3.05) is 0 Å². The molecule has 3 aliphatic heterocycles. The maximum absolute atomic E-state index is 12.1. The van der Waals surface area contributed by atoms with Gasteiger partial charge in [0.1, 0.15) is 17.8 Å². The Kier molecular flexibility index (Phi) is 6.03. The zero-order valence-corrected chi connectivity index (χ0v) is 25.6. The Morgan fingerprint density at radius 3 is 2.20 bits per heavy atom. The van der Waals surface area contributed by atoms with Crippen LogP contribution in [0.5, 0.6) is 0 Å². The summed E-state index contributed by atoms with van der Waals surface area (Å²) in [4.78, 5) is 24.0. The van der Waals surface area contributed by atoms with E-state index in [-0.39, 0.29) is 58.6 Å². The van der Waals surface area contributed by atoms with Crippen molar-refractivity contribution in [3.8, 4) is 0 Å². The van der Waals surface area contributed by atoms with E-state index in [1.807, 2.05) is 0 Å². The van der Waals surface area contributed by atoms with E-state index in [0.717, 1.165) is 19.3 Å². The number of carbonyl (C=O) groups is 2. The first-order chi connectivity index (χ1) is 19.1. The van der Waals surface area contributed by atoms with Gasteiger partial charge < -0.3 is 33.9 Å². The molecule has 0 aromatic heterocycles. The van der Waals surface area contributed by atoms with Crippen molar-refractivity contribution in [2.45, 2.75) is 141 Å². The number of rotatable bonds is 2. The van der Waals surface area contributed by atoms with Crippen LogP contribution in [0.15, 0.2) is 0 Å². The minimum Gasteiger partial charge on any atom is -0.459 e. The Morgan fingerprint density at radius 1 is 0.878 bits per heavy atom. The van der Waals surface area contributed by atoms with Crippen molar-refractivity contribution < 1.29 is 43.5 Å². The van der Waals surface area contributed by atoms with Crippen LogP contribution in [-0.4, -0.2) is 69.8 Å². The van der Waals surface area contributed by atoms with Gasteiger partial charge in [0.25, 0.3) is 0 Å². The Balaban J connectivity index is 1.22. The van der Waals surface area contributed by atoms with Crippen LogP contribution < -0.4 is 0 Å². The first-order valence-corrected chi connectivity index (χ1v) is 15.8. The second kappa shape index (κ2) is 8.68. The summed E-state index contributed by atoms with van der Waals surface area (Å²) in [5.41, 5.74) is -2.07. The third-order valence-corrected chi connectivity index (χ3v) is 13.5. The van der Waals surface area contributed by atoms with E-state index in [9.17, 15) is 19.8 Å². The third-order valence-electron chi connectivity index (χ3n) is 13.5. The number of esters is 2. The van der Waals surface area contributed by atoms with Gasteiger partial charge in [-0.05, 0) is 94.3 Å². The van der Waals surface area contributed by atoms with E-state index < -0.39 is 47.4 Å². The lowest BCUT2D eigenvalue weighted by atomic mass is 9.43. The molecular weight excluding hydrogens is 528 g/mol. The van der Waals surface area contributed by atoms with E-state index >= 15 is 0 Å². The fourth-order valence-electron chi connectivity index (χ4n) is 11.8. The molecule has 7 rings (SSSR count). The summed E-state index contributed by atoms with van der Waals surface area (Å²) < 4.78 is 31.6. The van der Waals surface area contributed by atoms with Crippen LogP contribution in [0.3, 0.4) is 0 Å². The van der Waals surface area contributed by atoms with E-state index in [1.165, 1.54) is 13.8 Å². The highest BCUT2D eigenvalue weighted by Gasteiger charge is 2.84. The summed E-state index contributed by atoms with van der Waals surface area (Å²) in [6.45, 7) is 13.5. The molecule has 0 radical (unpaired) electrons. The summed E-state index contributed by atoms with van der Waals surface area (Å²) in [6.07, 6.45) is 2.23. The average molecular weight is 577 g/mol. The number of hydrogen-bond acceptors (Lipinski definition) is 9. The largest absolute Gasteiger partial charge is 0.459 e. The first-order valence-electron chi connectivity index (χ1n) is 15.8. The smallest absolute Gasteiger partial charge is 0.303 e. The van der Waals surface area contributed by atoms with Gasteiger partial charge >= 0.3 is 11.9 Å². The molecule has 7 aliphatic rings. The molecule has 9 heteroatoms. The lowest BCUT2D eigenvalue weighted by molar-refractivity contribution is -0.315. The first kappa shape index (κ1) is 28.5. The predicted octanol–water partition coefficient (Wildman–Crippen LogP) is 3.72. The Hall–Kier alpha value is -1.26. The Labute approximate surface area is 242 Å². The van der Waals surface area contributed by atoms with Gasteiger partial charge in [-0.1, -0.05) is 13.8 Å². The number of carbonyl (C=O) groups excluding carboxylic acids is 2. The zero-order chi connectivity index (χ0) is 29.5. The van der Waals surface area contributed by atoms with Crippen molar-refractivity contribution in [1.29, 1.82) is 0 Å². The van der Waals surface area contributed by atoms with Gasteiger partial charge in [0.15, 0.2) is 12.1 Å². The number of aliphatic hydroxyl groups excluding tert-OH is 2. The Bertz CT molecular complexity index is 1140. The molecule has 0 bridgehead atoms. The van der Waals surface area contributed by atoms with Gasteiger partial charge in [0, 0.05) is 31.6 Å². The number of fused-ring (bicyclic) bond motifs is 5. The van der Waals surface area contributed by atoms with Gasteiger partial charge in [-0.25, -0.2) is 0 Å². The highest BCUT2D eigenvalue weighted by atomic mass is 16.8. The molecular formula is C32H48O9. The zero-order valence-electron chi connectivity index (χ0n) is 25.6. The molecule has 41 heavy (non-hydrogen) atoms. The number of aliphatic hydroxyl groups is 2. The summed E-state index contributed by atoms with van der Waals surface area (Å²) in [5.74, 6) is -0.939. The maximum Gasteiger partial charge on any atom is 0.303 e. The van der Waals surface area contributed by atoms with Crippen LogP contribution >= 0.6 is 0 Å². The predicted molar refractivity (Wildman–Crippen MR) is 145 cm³/mol. The molecule has 0 unspecified atom stereocenters. The molecule has 15 atom stereocenters. The van der Waals surface area contributed by atoms with Gasteiger partial charge in [0.2, 0.25) is 0 Å². The van der Waals surface area contributed by atoms with E-state index in [2.05, 4.69) is 34.6 Å². The van der Waals surface area contributed by atoms with Crippen LogP contribution in [0, 0.1) is 46.3 Å². The second-order valence-corrected chi connectivity index (χ2v) is 15.7. The van der Waals surface area contributed by atoms with Gasteiger partial charge in [-0.3, -0.25) is 9.59 Å². The fraction of sp³-hybridized carbons (Fsp3) is 0.938. The lowest BCUT2D eigenvalue weighted by Crippen LogP contribution is -2.63. The van der Waals surface area contributed by atoms with Crippen LogP contribution in [-0.2, 0) is 33.3 Å². The maximum atomic E-state index is 12.1. The quantitative estimate of drug-likeness (QED) is 0.474. The molecule has 0 amide bonds. The highest BCUT2D eigenvalue weighted by molar-refractivity contribution is 5.67. The normalized spacial score (nSPS) is 57.9. The number of ether oxygens (including phenoxy) is 5. The standard InChI is InChI=1S/C32H48O9/c1-15-12-32(41-28(15,4)5)30(7)26-23(39-32)11-20-19-9-8-18-10-22(37-16(2)33)24(38-17(3)34)14-29(18,6)25(19)21(35)13-31(20,26)27(36)40-30/h15,18-27,35-36H,8-14H2,1-7H3/t15-,18-,19-,20-,21-,22-,23-,24+,25+,26+,27+,29-,30+,31+,32-/m0/s1. The summed E-state index contributed by atoms with van der Waals surface area (Å²) in [5, 5.41) is 23.9. The molecule has 0 aromatic rings. The molecule has 2 spiro atoms. The molecule has 9 nitrogen and oxygen atoms in total. The third kappa shape index (κ3) is 3.53. The SMILES string of the molecule is CC(=O)O[C@H]1C[C@@H]2CC[C@@H]3[C@H]([C@@H](O)C[C@]45[C@H](O)O[C@]6(C)[C@H]4[C@H](C[C@@H]35)O[C@]63C[C@H](C)C(C)(C)O3)[C@@]2(C)C[C@H]1OC(C)=O. The van der Waals surface area contributed by atoms with Crippen LogP contribution in [0.4, 0.5) is 0 Å². The summed E-state index contributed by atoms with van der Waals surface area (Å²) in [6, 6.07) is 0. The molecule has 4 aliphatic carbocycles. The topological polar surface area (TPSA) is 121 Å². The van der Waals surface area contributed by atoms with Crippen molar-refractivity contribution in [3.63, 3.8) is 0 Å². The monoisotopic (exact) mass is 576 g/mol. The second-order valence-electron chi connectivity index (χ2n) is 15.7. The average Bonchev–Trinajstić information content (AvgIpc) is 3.45. The van der Waals surface area contributed by atoms with Gasteiger partial charge in [-0.2, -0.15) is 0 Å². The van der Waals surface area contributed by atoms with E-state index in [0.29, 0.717) is 25.7 Å². The van der Waals surface area contributed by atoms with Crippen molar-refractivity contribution in [2.24, 2.45) is 46.3 Å². The van der Waals surface area contributed by atoms with Crippen LogP contribution in [0.1, 0.15) is 93.4 Å². The van der Waals surface area contributed by atoms with Crippen LogP contribution in [0.2, 0.25) is 0 Å². The lowest BCUT2D eigenvalue weighted by Gasteiger charge is -2.63. The molecule has 3 saturated heterocycles. The highest BCUT2D eigenvalue weighted by Crippen LogP contribution is 2.77. The molecule has 3 heterocycles. The van der Waals surface area contributed by atoms with Crippen molar-refractivity contribution in [3.05, 3.63) is 0 Å². The van der Waals surface area contributed by atoms with E-state index in [4.69, 9.17) is 23.7 Å². The molecule has 230 valence electrons. The van der Waals surface area contributed by atoms with Gasteiger partial charge in [-0.15, -0.1) is 0 Å². The van der Waals surface area contributed by atoms with Crippen molar-refractivity contribution >= 4 is 11.9 Å². The minimum atomic E-state index is -0.995. The minimum absolute atomic E-state index is 0.0262. The van der Waals surface area contributed by atoms with Gasteiger partial charge in [0.05, 0.1) is 17.8 Å². The Morgan fingerprint density at radius 2 is 1.56 bits per heavy atom. The van der Waals surface area contributed by atoms with E-state index in [1.54, 1.807) is 0 Å². The summed E-state index contributed by atoms with van der Waals surface area (Å²) >= 11 is 0. The molecule has 4 saturated carbocycles. The molecule has 2 N–H and O–H groups in total. The number of hydrogen-bond donors (Lipinski definition) is 2. The van der Waals surface area contributed by atoms with Crippen molar-refractivity contribution in [1.82, 2.24) is 0 Å².